The monoisotopic (exact) mass is 504 g/mol. The molecule has 2 N–H and O–H groups in total. The summed E-state index contributed by atoms with van der Waals surface area (Å²) in [5, 5.41) is 19.5. The Kier molecular flexibility index (Phi) is 5.05. The van der Waals surface area contributed by atoms with Gasteiger partial charge >= 0.3 is 0 Å². The van der Waals surface area contributed by atoms with Crippen LogP contribution >= 0.6 is 0 Å². The van der Waals surface area contributed by atoms with Gasteiger partial charge in [0.25, 0.3) is 5.91 Å². The summed E-state index contributed by atoms with van der Waals surface area (Å²) in [5.74, 6) is -4.24. The van der Waals surface area contributed by atoms with E-state index in [1.54, 1.807) is 16.6 Å². The third-order valence-corrected chi connectivity index (χ3v) is 7.29. The summed E-state index contributed by atoms with van der Waals surface area (Å²) in [4.78, 5) is 30.5. The molecule has 2 aliphatic carbocycles. The van der Waals surface area contributed by atoms with Gasteiger partial charge in [-0.05, 0) is 55.5 Å². The number of furan rings is 1. The molecule has 0 atom stereocenters. The molecule has 2 aliphatic rings. The molecule has 3 aromatic heterocycles. The van der Waals surface area contributed by atoms with Crippen molar-refractivity contribution in [2.24, 2.45) is 0 Å². The van der Waals surface area contributed by atoms with Crippen LogP contribution in [0.25, 0.3) is 27.7 Å². The zero-order valence-electron chi connectivity index (χ0n) is 19.6. The first kappa shape index (κ1) is 23.1. The first-order valence-corrected chi connectivity index (χ1v) is 12.0. The molecule has 0 aliphatic heterocycles. The van der Waals surface area contributed by atoms with Gasteiger partial charge in [0.1, 0.15) is 23.0 Å². The normalized spacial score (nSPS) is 19.3. The summed E-state index contributed by atoms with van der Waals surface area (Å²) in [5.41, 5.74) is 0.330. The predicted molar refractivity (Wildman–Crippen MR) is 128 cm³/mol. The number of rotatable bonds is 5. The van der Waals surface area contributed by atoms with Crippen molar-refractivity contribution in [1.82, 2.24) is 25.2 Å². The molecule has 2 fully saturated rings. The highest BCUT2D eigenvalue weighted by Crippen LogP contribution is 2.41. The Labute approximate surface area is 209 Å². The molecule has 37 heavy (non-hydrogen) atoms. The van der Waals surface area contributed by atoms with Crippen LogP contribution in [0.4, 0.5) is 8.78 Å². The molecular formula is C26H22F2N6O3. The van der Waals surface area contributed by atoms with E-state index in [1.165, 1.54) is 6.33 Å². The van der Waals surface area contributed by atoms with Crippen molar-refractivity contribution in [2.75, 3.05) is 0 Å². The SMILES string of the molecule is N#CC1(NC(=O)C2(NC(=O)c3cc4ccc(-c5ccc6ncnn6c5)cc4o3)CCC(F)(F)CC2)CC1. The minimum absolute atomic E-state index is 0.0372. The van der Waals surface area contributed by atoms with Crippen LogP contribution < -0.4 is 10.6 Å². The number of carbonyl (C=O) groups is 2. The Morgan fingerprint density at radius 3 is 2.49 bits per heavy atom. The molecule has 2 amide bonds. The highest BCUT2D eigenvalue weighted by atomic mass is 19.3. The van der Waals surface area contributed by atoms with Crippen molar-refractivity contribution in [3.05, 3.63) is 54.7 Å². The minimum atomic E-state index is -2.91. The Morgan fingerprint density at radius 2 is 1.76 bits per heavy atom. The van der Waals surface area contributed by atoms with Crippen LogP contribution in [0.3, 0.4) is 0 Å². The van der Waals surface area contributed by atoms with Crippen molar-refractivity contribution in [1.29, 1.82) is 5.26 Å². The molecule has 2 saturated carbocycles. The van der Waals surface area contributed by atoms with Crippen molar-refractivity contribution in [3.8, 4) is 17.2 Å². The third kappa shape index (κ3) is 4.18. The van der Waals surface area contributed by atoms with E-state index in [2.05, 4.69) is 26.8 Å². The Morgan fingerprint density at radius 1 is 1.00 bits per heavy atom. The molecule has 1 aromatic carbocycles. The molecule has 188 valence electrons. The first-order chi connectivity index (χ1) is 17.7. The summed E-state index contributed by atoms with van der Waals surface area (Å²) in [7, 11) is 0. The lowest BCUT2D eigenvalue weighted by Crippen LogP contribution is -2.62. The van der Waals surface area contributed by atoms with E-state index in [-0.39, 0.29) is 18.6 Å². The number of halogens is 2. The number of aromatic nitrogens is 3. The minimum Gasteiger partial charge on any atom is -0.451 e. The van der Waals surface area contributed by atoms with E-state index in [4.69, 9.17) is 4.42 Å². The van der Waals surface area contributed by atoms with Crippen molar-refractivity contribution in [2.45, 2.75) is 55.5 Å². The van der Waals surface area contributed by atoms with Crippen LogP contribution in [-0.2, 0) is 4.79 Å². The second-order valence-electron chi connectivity index (χ2n) is 9.88. The highest BCUT2D eigenvalue weighted by molar-refractivity contribution is 6.00. The molecular weight excluding hydrogens is 482 g/mol. The third-order valence-electron chi connectivity index (χ3n) is 7.29. The number of hydrogen-bond acceptors (Lipinski definition) is 6. The van der Waals surface area contributed by atoms with Gasteiger partial charge in [-0.3, -0.25) is 9.59 Å². The molecule has 3 heterocycles. The summed E-state index contributed by atoms with van der Waals surface area (Å²) >= 11 is 0. The topological polar surface area (TPSA) is 125 Å². The second kappa shape index (κ2) is 8.09. The molecule has 11 heteroatoms. The van der Waals surface area contributed by atoms with Crippen LogP contribution in [0.15, 0.2) is 53.3 Å². The zero-order chi connectivity index (χ0) is 25.8. The fourth-order valence-corrected chi connectivity index (χ4v) is 4.77. The lowest BCUT2D eigenvalue weighted by atomic mass is 9.78. The number of nitrogens with one attached hydrogen (secondary N) is 2. The zero-order valence-corrected chi connectivity index (χ0v) is 19.6. The van der Waals surface area contributed by atoms with E-state index in [0.717, 1.165) is 11.1 Å². The molecule has 0 spiro atoms. The van der Waals surface area contributed by atoms with E-state index in [9.17, 15) is 23.6 Å². The van der Waals surface area contributed by atoms with Gasteiger partial charge in [0.05, 0.1) is 6.07 Å². The molecule has 4 aromatic rings. The van der Waals surface area contributed by atoms with Gasteiger partial charge < -0.3 is 15.1 Å². The Bertz CT molecular complexity index is 1590. The average molecular weight is 504 g/mol. The van der Waals surface area contributed by atoms with Gasteiger partial charge in [-0.1, -0.05) is 12.1 Å². The smallest absolute Gasteiger partial charge is 0.287 e. The van der Waals surface area contributed by atoms with Crippen LogP contribution in [0.5, 0.6) is 0 Å². The van der Waals surface area contributed by atoms with Crippen LogP contribution in [-0.4, -0.2) is 43.4 Å². The number of fused-ring (bicyclic) bond motifs is 2. The number of amides is 2. The fourth-order valence-electron chi connectivity index (χ4n) is 4.77. The van der Waals surface area contributed by atoms with Crippen molar-refractivity contribution in [3.63, 3.8) is 0 Å². The summed E-state index contributed by atoms with van der Waals surface area (Å²) < 4.78 is 35.4. The number of pyridine rings is 1. The molecule has 9 nitrogen and oxygen atoms in total. The Balaban J connectivity index is 1.27. The first-order valence-electron chi connectivity index (χ1n) is 12.0. The van der Waals surface area contributed by atoms with Crippen LogP contribution in [0.1, 0.15) is 49.1 Å². The van der Waals surface area contributed by atoms with E-state index < -0.39 is 41.7 Å². The Hall–Kier alpha value is -4.33. The van der Waals surface area contributed by atoms with Crippen molar-refractivity contribution < 1.29 is 22.8 Å². The second-order valence-corrected chi connectivity index (χ2v) is 9.88. The maximum atomic E-state index is 13.9. The highest BCUT2D eigenvalue weighted by Gasteiger charge is 2.53. The lowest BCUT2D eigenvalue weighted by molar-refractivity contribution is -0.133. The summed E-state index contributed by atoms with van der Waals surface area (Å²) in [6.45, 7) is 0. The molecule has 0 unspecified atom stereocenters. The number of benzene rings is 1. The van der Waals surface area contributed by atoms with Gasteiger partial charge in [0.2, 0.25) is 11.8 Å². The van der Waals surface area contributed by atoms with Crippen LogP contribution in [0.2, 0.25) is 0 Å². The van der Waals surface area contributed by atoms with Crippen LogP contribution in [0, 0.1) is 11.3 Å². The number of alkyl halides is 2. The lowest BCUT2D eigenvalue weighted by Gasteiger charge is -2.39. The largest absolute Gasteiger partial charge is 0.451 e. The number of nitrogens with zero attached hydrogens (tertiary/aromatic N) is 4. The van der Waals surface area contributed by atoms with Gasteiger partial charge in [0, 0.05) is 30.0 Å². The maximum Gasteiger partial charge on any atom is 0.287 e. The average Bonchev–Trinajstić information content (AvgIpc) is 3.29. The number of hydrogen-bond donors (Lipinski definition) is 2. The van der Waals surface area contributed by atoms with E-state index in [1.807, 2.05) is 30.5 Å². The number of nitriles is 1. The number of carbonyl (C=O) groups excluding carboxylic acids is 2. The maximum absolute atomic E-state index is 13.9. The van der Waals surface area contributed by atoms with Gasteiger partial charge in [-0.2, -0.15) is 10.4 Å². The van der Waals surface area contributed by atoms with Gasteiger partial charge in [-0.15, -0.1) is 0 Å². The summed E-state index contributed by atoms with van der Waals surface area (Å²) in [6, 6.07) is 12.8. The summed E-state index contributed by atoms with van der Waals surface area (Å²) in [6.07, 6.45) is 2.71. The molecule has 0 saturated heterocycles. The van der Waals surface area contributed by atoms with E-state index in [0.29, 0.717) is 29.5 Å². The molecule has 0 radical (unpaired) electrons. The quantitative estimate of drug-likeness (QED) is 0.423. The fraction of sp³-hybridized carbons (Fsp3) is 0.346. The van der Waals surface area contributed by atoms with Crippen molar-refractivity contribution >= 4 is 28.4 Å². The molecule has 0 bridgehead atoms. The van der Waals surface area contributed by atoms with E-state index >= 15 is 0 Å². The van der Waals surface area contributed by atoms with Gasteiger partial charge in [0.15, 0.2) is 11.4 Å². The van der Waals surface area contributed by atoms with Gasteiger partial charge in [-0.25, -0.2) is 18.3 Å². The standard InChI is InChI=1S/C26H22F2N6O3/c27-26(28)9-7-25(8-10-26,23(36)33-24(14-29)5-6-24)32-22(35)20-12-17-2-1-16(11-19(17)37-20)18-3-4-21-30-15-31-34(21)13-18/h1-4,11-13,15H,5-10H2,(H,32,35)(H,33,36). The molecule has 6 rings (SSSR count). The predicted octanol–water partition coefficient (Wildman–Crippen LogP) is 3.99.